The van der Waals surface area contributed by atoms with Gasteiger partial charge in [0.15, 0.2) is 34.7 Å². The third-order valence-corrected chi connectivity index (χ3v) is 0. The lowest BCUT2D eigenvalue weighted by Gasteiger charge is -1.48. The fraction of sp³-hybridized carbons (Fsp3) is 1.00. The monoisotopic (exact) mass is 104 g/mol. The van der Waals surface area contributed by atoms with Crippen LogP contribution >= 0.6 is 0 Å². The van der Waals surface area contributed by atoms with E-state index in [4.69, 9.17) is 0 Å². The van der Waals surface area contributed by atoms with Crippen molar-refractivity contribution in [3.05, 3.63) is 0 Å². The lowest BCUT2D eigenvalue weighted by molar-refractivity contribution is 1.09. The zero-order chi connectivity index (χ0) is 2.71. The lowest BCUT2D eigenvalue weighted by atomic mass is 10.6. The molecule has 0 amide bonds. The maximum Gasteiger partial charge on any atom is 0.187 e. The highest BCUT2D eigenvalue weighted by Crippen LogP contribution is 1.56. The summed E-state index contributed by atoms with van der Waals surface area (Å²) in [4.78, 5) is 0. The summed E-state index contributed by atoms with van der Waals surface area (Å²) in [6.45, 7) is 4.25. The maximum atomic E-state index is 2.12. The first-order valence-electron chi connectivity index (χ1n) is 1.41. The van der Waals surface area contributed by atoms with E-state index in [9.17, 15) is 0 Å². The Labute approximate surface area is 55.2 Å². The average molecular weight is 104 g/mol. The molecule has 0 fully saturated rings. The van der Waals surface area contributed by atoms with E-state index in [0.29, 0.717) is 0 Å². The lowest BCUT2D eigenvalue weighted by Crippen LogP contribution is -1.27. The molecule has 0 saturated heterocycles. The van der Waals surface area contributed by atoms with Gasteiger partial charge in [0.25, 0.3) is 0 Å². The molecule has 2 heteroatoms. The second-order valence-corrected chi connectivity index (χ2v) is 0.707. The maximum absolute atomic E-state index is 2.12. The van der Waals surface area contributed by atoms with Gasteiger partial charge in [-0.05, 0) is 0 Å². The normalized spacial score (nSPS) is 3.60. The molecule has 0 aromatic rings. The highest BCUT2D eigenvalue weighted by Gasteiger charge is 1.35. The smallest absolute Gasteiger partial charge is 0.0656 e. The summed E-state index contributed by atoms with van der Waals surface area (Å²) in [5.74, 6) is 0. The predicted octanol–water partition coefficient (Wildman–Crippen LogP) is -0.952. The molecular formula is C3H14Al2. The van der Waals surface area contributed by atoms with Crippen LogP contribution in [0.4, 0.5) is 0 Å². The van der Waals surface area contributed by atoms with Crippen LogP contribution in [0, 0.1) is 0 Å². The molecule has 0 aliphatic rings. The van der Waals surface area contributed by atoms with Crippen LogP contribution in [0.3, 0.4) is 0 Å². The summed E-state index contributed by atoms with van der Waals surface area (Å²) in [6.07, 6.45) is 1.25. The average Bonchev–Trinajstić information content (AvgIpc) is 0.918. The van der Waals surface area contributed by atoms with Crippen LogP contribution in [0.2, 0.25) is 0 Å². The van der Waals surface area contributed by atoms with Gasteiger partial charge in [-0.3, -0.25) is 0 Å². The second kappa shape index (κ2) is 19.6. The van der Waals surface area contributed by atoms with E-state index < -0.39 is 0 Å². The fourth-order valence-electron chi connectivity index (χ4n) is 0. The number of hydrogen-bond donors (Lipinski definition) is 0. The van der Waals surface area contributed by atoms with Gasteiger partial charge in [0.2, 0.25) is 0 Å². The Morgan fingerprint density at radius 3 is 1.00 bits per heavy atom. The predicted molar refractivity (Wildman–Crippen MR) is 35.8 cm³/mol. The molecule has 0 N–H and O–H groups in total. The third-order valence-electron chi connectivity index (χ3n) is 0. The van der Waals surface area contributed by atoms with Gasteiger partial charge >= 0.3 is 0 Å². The minimum absolute atomic E-state index is 0. The van der Waals surface area contributed by atoms with Crippen LogP contribution in [0.15, 0.2) is 0 Å². The van der Waals surface area contributed by atoms with Gasteiger partial charge in [-0.15, -0.1) is 0 Å². The van der Waals surface area contributed by atoms with Crippen molar-refractivity contribution in [2.24, 2.45) is 0 Å². The molecule has 32 valence electrons. The molecule has 0 atom stereocenters. The summed E-state index contributed by atoms with van der Waals surface area (Å²) < 4.78 is 0. The summed E-state index contributed by atoms with van der Waals surface area (Å²) in [6, 6.07) is 0. The zero-order valence-corrected chi connectivity index (χ0v) is 2.71. The van der Waals surface area contributed by atoms with Gasteiger partial charge in [-0.1, -0.05) is 20.3 Å². The SMILES string of the molecule is CCC.[AlH3].[AlH3]. The van der Waals surface area contributed by atoms with Crippen LogP contribution in [-0.4, -0.2) is 34.7 Å². The van der Waals surface area contributed by atoms with Gasteiger partial charge in [0.05, 0.1) is 0 Å². The van der Waals surface area contributed by atoms with Crippen molar-refractivity contribution in [3.63, 3.8) is 0 Å². The van der Waals surface area contributed by atoms with Crippen LogP contribution in [0.25, 0.3) is 0 Å². The standard InChI is InChI=1S/C3H8.2Al.6H/c1-3-2;;;;;;;;/h3H2,1-2H3;;;;;;;;. The number of rotatable bonds is 0. The molecule has 0 bridgehead atoms. The van der Waals surface area contributed by atoms with E-state index in [1.165, 1.54) is 6.42 Å². The molecule has 0 saturated carbocycles. The van der Waals surface area contributed by atoms with Gasteiger partial charge in [0.1, 0.15) is 0 Å². The molecule has 0 aliphatic carbocycles. The van der Waals surface area contributed by atoms with E-state index in [0.717, 1.165) is 0 Å². The Balaban J connectivity index is -0.0000000200. The van der Waals surface area contributed by atoms with Crippen LogP contribution in [0.5, 0.6) is 0 Å². The Morgan fingerprint density at radius 2 is 1.00 bits per heavy atom. The van der Waals surface area contributed by atoms with Crippen molar-refractivity contribution in [1.82, 2.24) is 0 Å². The summed E-state index contributed by atoms with van der Waals surface area (Å²) in [5.41, 5.74) is 0. The molecule has 5 heavy (non-hydrogen) atoms. The molecule has 0 radical (unpaired) electrons. The Hall–Kier alpha value is 1.06. The first-order valence-corrected chi connectivity index (χ1v) is 1.41. The fourth-order valence-corrected chi connectivity index (χ4v) is 0. The zero-order valence-electron chi connectivity index (χ0n) is 2.71. The second-order valence-electron chi connectivity index (χ2n) is 0.707. The van der Waals surface area contributed by atoms with Crippen molar-refractivity contribution in [2.75, 3.05) is 0 Å². The Morgan fingerprint density at radius 1 is 1.00 bits per heavy atom. The molecule has 0 aromatic heterocycles. The summed E-state index contributed by atoms with van der Waals surface area (Å²) in [5, 5.41) is 0. The molecule has 0 spiro atoms. The quantitative estimate of drug-likeness (QED) is 0.347. The highest BCUT2D eigenvalue weighted by molar-refractivity contribution is 5.76. The largest absolute Gasteiger partial charge is 0.187 e. The molecule has 0 heterocycles. The molecule has 0 rings (SSSR count). The molecular weight excluding hydrogens is 90.0 g/mol. The van der Waals surface area contributed by atoms with Gasteiger partial charge in [-0.25, -0.2) is 0 Å². The topological polar surface area (TPSA) is 0 Å². The minimum atomic E-state index is 0. The van der Waals surface area contributed by atoms with Crippen LogP contribution < -0.4 is 0 Å². The molecule has 0 aliphatic heterocycles. The van der Waals surface area contributed by atoms with E-state index in [2.05, 4.69) is 13.8 Å². The minimum Gasteiger partial charge on any atom is -0.0656 e. The Bertz CT molecular complexity index is 4.85. The highest BCUT2D eigenvalue weighted by atomic mass is 27.0. The first kappa shape index (κ1) is 16.6. The van der Waals surface area contributed by atoms with Gasteiger partial charge in [-0.2, -0.15) is 0 Å². The van der Waals surface area contributed by atoms with Gasteiger partial charge in [0, 0.05) is 0 Å². The van der Waals surface area contributed by atoms with Crippen molar-refractivity contribution in [1.29, 1.82) is 0 Å². The summed E-state index contributed by atoms with van der Waals surface area (Å²) >= 11 is 0. The van der Waals surface area contributed by atoms with Crippen molar-refractivity contribution in [2.45, 2.75) is 20.3 Å². The summed E-state index contributed by atoms with van der Waals surface area (Å²) in [7, 11) is 0. The molecule has 0 aromatic carbocycles. The van der Waals surface area contributed by atoms with Gasteiger partial charge < -0.3 is 0 Å². The van der Waals surface area contributed by atoms with Crippen LogP contribution in [-0.2, 0) is 0 Å². The van der Waals surface area contributed by atoms with Crippen molar-refractivity contribution >= 4 is 34.7 Å². The first-order chi connectivity index (χ1) is 1.41. The van der Waals surface area contributed by atoms with E-state index in [1.54, 1.807) is 0 Å². The van der Waals surface area contributed by atoms with Crippen LogP contribution in [0.1, 0.15) is 20.3 Å². The van der Waals surface area contributed by atoms with Crippen molar-refractivity contribution < 1.29 is 0 Å². The third kappa shape index (κ3) is 42.0. The van der Waals surface area contributed by atoms with E-state index >= 15 is 0 Å². The Kier molecular flexibility index (Phi) is 65.0. The molecule has 0 nitrogen and oxygen atoms in total. The van der Waals surface area contributed by atoms with E-state index in [1.807, 2.05) is 0 Å². The van der Waals surface area contributed by atoms with Crippen molar-refractivity contribution in [3.8, 4) is 0 Å². The molecule has 0 unspecified atom stereocenters. The van der Waals surface area contributed by atoms with E-state index in [-0.39, 0.29) is 34.7 Å². The number of hydrogen-bond acceptors (Lipinski definition) is 0.